The van der Waals surface area contributed by atoms with Crippen LogP contribution in [0.3, 0.4) is 0 Å². The van der Waals surface area contributed by atoms with Gasteiger partial charge in [-0.3, -0.25) is 4.31 Å². The molecule has 0 bridgehead atoms. The molecule has 0 aromatic heterocycles. The maximum absolute atomic E-state index is 12.7. The zero-order chi connectivity index (χ0) is 21.0. The maximum atomic E-state index is 12.7. The lowest BCUT2D eigenvalue weighted by molar-refractivity contribution is 0.0734. The molecule has 3 aromatic carbocycles. The van der Waals surface area contributed by atoms with Crippen molar-refractivity contribution in [1.29, 1.82) is 5.26 Å². The molecule has 0 unspecified atom stereocenters. The number of nitriles is 1. The van der Waals surface area contributed by atoms with Gasteiger partial charge in [-0.05, 0) is 72.8 Å². The fourth-order valence-corrected chi connectivity index (χ4v) is 3.80. The zero-order valence-corrected chi connectivity index (χ0v) is 16.8. The molecule has 3 rings (SSSR count). The summed E-state index contributed by atoms with van der Waals surface area (Å²) in [6.45, 7) is 0. The van der Waals surface area contributed by atoms with Crippen molar-refractivity contribution in [3.63, 3.8) is 0 Å². The summed E-state index contributed by atoms with van der Waals surface area (Å²) in [5, 5.41) is 9.24. The smallest absolute Gasteiger partial charge is 0.343 e. The number of nitrogens with zero attached hydrogens (tertiary/aromatic N) is 2. The van der Waals surface area contributed by atoms with E-state index in [2.05, 4.69) is 0 Å². The molecule has 0 aliphatic rings. The molecule has 0 aliphatic carbocycles. The molecule has 29 heavy (non-hydrogen) atoms. The highest BCUT2D eigenvalue weighted by Gasteiger charge is 2.21. The van der Waals surface area contributed by atoms with E-state index in [-0.39, 0.29) is 10.6 Å². The first-order valence-electron chi connectivity index (χ1n) is 8.38. The van der Waals surface area contributed by atoms with Gasteiger partial charge in [-0.2, -0.15) is 5.26 Å². The molecular weight excluding hydrogens is 412 g/mol. The maximum Gasteiger partial charge on any atom is 0.343 e. The minimum Gasteiger partial charge on any atom is -0.423 e. The third kappa shape index (κ3) is 4.57. The monoisotopic (exact) mass is 426 g/mol. The summed E-state index contributed by atoms with van der Waals surface area (Å²) in [7, 11) is -2.32. The Morgan fingerprint density at radius 2 is 1.55 bits per heavy atom. The Balaban J connectivity index is 1.74. The first-order valence-corrected chi connectivity index (χ1v) is 10.2. The highest BCUT2D eigenvalue weighted by atomic mass is 35.5. The highest BCUT2D eigenvalue weighted by molar-refractivity contribution is 7.92. The Bertz CT molecular complexity index is 1170. The van der Waals surface area contributed by atoms with Gasteiger partial charge in [-0.25, -0.2) is 13.2 Å². The van der Waals surface area contributed by atoms with Crippen LogP contribution in [0.15, 0.2) is 77.7 Å². The predicted octanol–water partition coefficient (Wildman–Crippen LogP) is 4.26. The number of ether oxygens (including phenoxy) is 1. The molecule has 3 aromatic rings. The minimum absolute atomic E-state index is 0.112. The van der Waals surface area contributed by atoms with E-state index in [0.717, 1.165) is 4.31 Å². The van der Waals surface area contributed by atoms with Crippen molar-refractivity contribution in [3.8, 4) is 11.8 Å². The van der Waals surface area contributed by atoms with Crippen LogP contribution in [0.5, 0.6) is 5.75 Å². The molecule has 0 heterocycles. The van der Waals surface area contributed by atoms with Crippen molar-refractivity contribution in [2.24, 2.45) is 0 Å². The number of sulfonamides is 1. The Hall–Kier alpha value is -3.34. The standard InChI is InChI=1S/C21H15ClN2O4S/c1-24(29(26,27)20-12-6-17(22)7-13-20)18-8-10-19(11-9-18)28-21(25)16-4-2-15(14-23)3-5-16/h2-13H,1H3. The molecule has 0 N–H and O–H groups in total. The number of rotatable bonds is 5. The predicted molar refractivity (Wildman–Crippen MR) is 110 cm³/mol. The van der Waals surface area contributed by atoms with Crippen molar-refractivity contribution in [3.05, 3.63) is 88.9 Å². The van der Waals surface area contributed by atoms with Crippen LogP contribution in [-0.4, -0.2) is 21.4 Å². The molecule has 0 fully saturated rings. The first kappa shape index (κ1) is 20.4. The second-order valence-corrected chi connectivity index (χ2v) is 8.40. The van der Waals surface area contributed by atoms with Gasteiger partial charge in [0.05, 0.1) is 27.8 Å². The Kier molecular flexibility index (Phi) is 5.87. The molecule has 6 nitrogen and oxygen atoms in total. The van der Waals surface area contributed by atoms with Crippen LogP contribution in [0.1, 0.15) is 15.9 Å². The van der Waals surface area contributed by atoms with Gasteiger partial charge in [0.2, 0.25) is 0 Å². The number of benzene rings is 3. The molecule has 0 radical (unpaired) electrons. The van der Waals surface area contributed by atoms with E-state index in [4.69, 9.17) is 21.6 Å². The van der Waals surface area contributed by atoms with Gasteiger partial charge < -0.3 is 4.74 Å². The van der Waals surface area contributed by atoms with Crippen molar-refractivity contribution < 1.29 is 17.9 Å². The van der Waals surface area contributed by atoms with Gasteiger partial charge >= 0.3 is 5.97 Å². The summed E-state index contributed by atoms with van der Waals surface area (Å²) >= 11 is 5.81. The van der Waals surface area contributed by atoms with E-state index in [1.807, 2.05) is 6.07 Å². The van der Waals surface area contributed by atoms with Crippen LogP contribution in [-0.2, 0) is 10.0 Å². The fraction of sp³-hybridized carbons (Fsp3) is 0.0476. The molecule has 146 valence electrons. The minimum atomic E-state index is -3.75. The van der Waals surface area contributed by atoms with E-state index in [0.29, 0.717) is 21.8 Å². The lowest BCUT2D eigenvalue weighted by Gasteiger charge is -2.19. The molecule has 0 atom stereocenters. The van der Waals surface area contributed by atoms with E-state index >= 15 is 0 Å². The average molecular weight is 427 g/mol. The number of halogens is 1. The SMILES string of the molecule is CN(c1ccc(OC(=O)c2ccc(C#N)cc2)cc1)S(=O)(=O)c1ccc(Cl)cc1. The van der Waals surface area contributed by atoms with Gasteiger partial charge in [-0.1, -0.05) is 11.6 Å². The van der Waals surface area contributed by atoms with Crippen LogP contribution >= 0.6 is 11.6 Å². The number of hydrogen-bond donors (Lipinski definition) is 0. The number of esters is 1. The van der Waals surface area contributed by atoms with E-state index < -0.39 is 16.0 Å². The van der Waals surface area contributed by atoms with Crippen LogP contribution < -0.4 is 9.04 Å². The molecule has 0 spiro atoms. The van der Waals surface area contributed by atoms with Crippen molar-refractivity contribution in [2.45, 2.75) is 4.90 Å². The van der Waals surface area contributed by atoms with Crippen LogP contribution in [0.25, 0.3) is 0 Å². The summed E-state index contributed by atoms with van der Waals surface area (Å²) < 4.78 is 31.9. The number of hydrogen-bond acceptors (Lipinski definition) is 5. The van der Waals surface area contributed by atoms with Crippen LogP contribution in [0.2, 0.25) is 5.02 Å². The quantitative estimate of drug-likeness (QED) is 0.449. The number of anilines is 1. The lowest BCUT2D eigenvalue weighted by Crippen LogP contribution is -2.26. The Labute approximate surface area is 173 Å². The Morgan fingerprint density at radius 3 is 2.10 bits per heavy atom. The van der Waals surface area contributed by atoms with Crippen molar-refractivity contribution in [2.75, 3.05) is 11.4 Å². The second-order valence-electron chi connectivity index (χ2n) is 6.00. The van der Waals surface area contributed by atoms with Gasteiger partial charge in [-0.15, -0.1) is 0 Å². The summed E-state index contributed by atoms with van der Waals surface area (Å²) in [6.07, 6.45) is 0. The van der Waals surface area contributed by atoms with Gasteiger partial charge in [0.25, 0.3) is 10.0 Å². The lowest BCUT2D eigenvalue weighted by atomic mass is 10.1. The fourth-order valence-electron chi connectivity index (χ4n) is 2.47. The van der Waals surface area contributed by atoms with E-state index in [1.54, 1.807) is 0 Å². The number of carbonyl (C=O) groups is 1. The van der Waals surface area contributed by atoms with E-state index in [1.165, 1.54) is 79.8 Å². The molecule has 0 amide bonds. The highest BCUT2D eigenvalue weighted by Crippen LogP contribution is 2.25. The van der Waals surface area contributed by atoms with Gasteiger partial charge in [0.1, 0.15) is 5.75 Å². The molecule has 0 saturated carbocycles. The third-order valence-electron chi connectivity index (χ3n) is 4.13. The Morgan fingerprint density at radius 1 is 0.966 bits per heavy atom. The van der Waals surface area contributed by atoms with Gasteiger partial charge in [0, 0.05) is 12.1 Å². The summed E-state index contributed by atoms with van der Waals surface area (Å²) in [5.74, 6) is -0.315. The van der Waals surface area contributed by atoms with Gasteiger partial charge in [0.15, 0.2) is 0 Å². The van der Waals surface area contributed by atoms with Crippen molar-refractivity contribution in [1.82, 2.24) is 0 Å². The summed E-state index contributed by atoms with van der Waals surface area (Å²) in [5.41, 5.74) is 1.14. The zero-order valence-electron chi connectivity index (χ0n) is 15.2. The van der Waals surface area contributed by atoms with Crippen LogP contribution in [0.4, 0.5) is 5.69 Å². The third-order valence-corrected chi connectivity index (χ3v) is 6.18. The normalized spacial score (nSPS) is 10.8. The summed E-state index contributed by atoms with van der Waals surface area (Å²) in [6, 6.07) is 20.0. The van der Waals surface area contributed by atoms with Crippen LogP contribution in [0, 0.1) is 11.3 Å². The molecule has 0 saturated heterocycles. The summed E-state index contributed by atoms with van der Waals surface area (Å²) in [4.78, 5) is 12.3. The largest absolute Gasteiger partial charge is 0.423 e. The average Bonchev–Trinajstić information content (AvgIpc) is 2.74. The molecule has 8 heteroatoms. The van der Waals surface area contributed by atoms with Crippen molar-refractivity contribution >= 4 is 33.3 Å². The topological polar surface area (TPSA) is 87.5 Å². The molecule has 0 aliphatic heterocycles. The first-order chi connectivity index (χ1) is 13.8. The van der Waals surface area contributed by atoms with E-state index in [9.17, 15) is 13.2 Å². The second kappa shape index (κ2) is 8.35. The number of carbonyl (C=O) groups excluding carboxylic acids is 1. The molecular formula is C21H15ClN2O4S.